The van der Waals surface area contributed by atoms with Gasteiger partial charge in [-0.2, -0.15) is 0 Å². The van der Waals surface area contributed by atoms with E-state index in [9.17, 15) is 4.79 Å². The molecule has 0 aliphatic rings. The second kappa shape index (κ2) is 7.02. The number of hydrogen-bond donors (Lipinski definition) is 2. The molecule has 7 nitrogen and oxygen atoms in total. The highest BCUT2D eigenvalue weighted by Crippen LogP contribution is 2.27. The lowest BCUT2D eigenvalue weighted by atomic mass is 10.1. The molecule has 0 bridgehead atoms. The van der Waals surface area contributed by atoms with Crippen LogP contribution in [0.3, 0.4) is 0 Å². The fraction of sp³-hybridized carbons (Fsp3) is 0.467. The Bertz CT molecular complexity index is 664. The Labute approximate surface area is 130 Å². The Morgan fingerprint density at radius 3 is 2.77 bits per heavy atom. The van der Waals surface area contributed by atoms with Crippen LogP contribution < -0.4 is 10.6 Å². The van der Waals surface area contributed by atoms with E-state index in [4.69, 9.17) is 0 Å². The molecule has 0 aliphatic heterocycles. The van der Waals surface area contributed by atoms with E-state index < -0.39 is 0 Å². The number of amides is 1. The van der Waals surface area contributed by atoms with Gasteiger partial charge in [-0.1, -0.05) is 13.0 Å². The van der Waals surface area contributed by atoms with Crippen molar-refractivity contribution in [1.29, 1.82) is 0 Å². The molecule has 0 saturated heterocycles. The lowest BCUT2D eigenvalue weighted by Gasteiger charge is -2.15. The number of aryl methyl sites for hydroxylation is 2. The lowest BCUT2D eigenvalue weighted by molar-refractivity contribution is -0.114. The van der Waals surface area contributed by atoms with Crippen molar-refractivity contribution >= 4 is 17.3 Å². The van der Waals surface area contributed by atoms with Gasteiger partial charge in [0.25, 0.3) is 0 Å². The largest absolute Gasteiger partial charge is 0.377 e. The molecular formula is C15H22N6O. The predicted octanol–water partition coefficient (Wildman–Crippen LogP) is 2.27. The Balaban J connectivity index is 2.16. The minimum atomic E-state index is -0.0739. The first-order chi connectivity index (χ1) is 10.5. The van der Waals surface area contributed by atoms with Crippen LogP contribution in [0.25, 0.3) is 0 Å². The SMILES string of the molecule is CCCn1nnnc1CNc1ccc(C)c(NC(C)=O)c1C. The zero-order valence-electron chi connectivity index (χ0n) is 13.5. The molecular weight excluding hydrogens is 280 g/mol. The number of tetrazole rings is 1. The molecule has 1 amide bonds. The van der Waals surface area contributed by atoms with Gasteiger partial charge in [0, 0.05) is 24.8 Å². The van der Waals surface area contributed by atoms with E-state index in [2.05, 4.69) is 33.1 Å². The number of nitrogens with zero attached hydrogens (tertiary/aromatic N) is 4. The zero-order chi connectivity index (χ0) is 16.1. The molecule has 2 rings (SSSR count). The van der Waals surface area contributed by atoms with Gasteiger partial charge in [-0.3, -0.25) is 4.79 Å². The normalized spacial score (nSPS) is 10.5. The number of benzene rings is 1. The molecule has 0 unspecified atom stereocenters. The van der Waals surface area contributed by atoms with Crippen LogP contribution in [0.1, 0.15) is 37.2 Å². The summed E-state index contributed by atoms with van der Waals surface area (Å²) >= 11 is 0. The van der Waals surface area contributed by atoms with Crippen molar-refractivity contribution in [2.24, 2.45) is 0 Å². The fourth-order valence-electron chi connectivity index (χ4n) is 2.32. The zero-order valence-corrected chi connectivity index (χ0v) is 13.5. The molecule has 0 radical (unpaired) electrons. The van der Waals surface area contributed by atoms with E-state index in [1.807, 2.05) is 26.0 Å². The smallest absolute Gasteiger partial charge is 0.221 e. The monoisotopic (exact) mass is 302 g/mol. The van der Waals surface area contributed by atoms with E-state index >= 15 is 0 Å². The van der Waals surface area contributed by atoms with E-state index in [1.165, 1.54) is 6.92 Å². The number of carbonyl (C=O) groups excluding carboxylic acids is 1. The predicted molar refractivity (Wildman–Crippen MR) is 85.7 cm³/mol. The lowest BCUT2D eigenvalue weighted by Crippen LogP contribution is -2.12. The van der Waals surface area contributed by atoms with Crippen LogP contribution >= 0.6 is 0 Å². The summed E-state index contributed by atoms with van der Waals surface area (Å²) in [6.07, 6.45) is 0.980. The molecule has 118 valence electrons. The minimum Gasteiger partial charge on any atom is -0.377 e. The minimum absolute atomic E-state index is 0.0739. The molecule has 2 aromatic rings. The maximum Gasteiger partial charge on any atom is 0.221 e. The van der Waals surface area contributed by atoms with Crippen LogP contribution in [0.2, 0.25) is 0 Å². The highest BCUT2D eigenvalue weighted by molar-refractivity contribution is 5.91. The standard InChI is InChI=1S/C15H22N6O/c1-5-8-21-14(18-19-20-21)9-16-13-7-6-10(2)15(11(13)3)17-12(4)22/h6-7,16H,5,8-9H2,1-4H3,(H,17,22). The molecule has 0 spiro atoms. The number of anilines is 2. The van der Waals surface area contributed by atoms with Crippen LogP contribution in [0.15, 0.2) is 12.1 Å². The van der Waals surface area contributed by atoms with Crippen LogP contribution in [0, 0.1) is 13.8 Å². The molecule has 0 saturated carbocycles. The third-order valence-corrected chi connectivity index (χ3v) is 3.45. The van der Waals surface area contributed by atoms with Gasteiger partial charge in [0.05, 0.1) is 6.54 Å². The van der Waals surface area contributed by atoms with Crippen molar-refractivity contribution in [1.82, 2.24) is 20.2 Å². The quantitative estimate of drug-likeness (QED) is 0.855. The summed E-state index contributed by atoms with van der Waals surface area (Å²) in [7, 11) is 0. The van der Waals surface area contributed by atoms with E-state index in [0.717, 1.165) is 41.3 Å². The summed E-state index contributed by atoms with van der Waals surface area (Å²) in [4.78, 5) is 11.3. The maximum atomic E-state index is 11.3. The number of hydrogen-bond acceptors (Lipinski definition) is 5. The second-order valence-corrected chi connectivity index (χ2v) is 5.28. The van der Waals surface area contributed by atoms with Crippen LogP contribution in [-0.4, -0.2) is 26.1 Å². The molecule has 0 fully saturated rings. The van der Waals surface area contributed by atoms with Gasteiger partial charge in [0.1, 0.15) is 0 Å². The topological polar surface area (TPSA) is 84.7 Å². The maximum absolute atomic E-state index is 11.3. The van der Waals surface area contributed by atoms with Gasteiger partial charge < -0.3 is 10.6 Å². The van der Waals surface area contributed by atoms with Crippen LogP contribution in [0.4, 0.5) is 11.4 Å². The average Bonchev–Trinajstić information content (AvgIpc) is 2.90. The highest BCUT2D eigenvalue weighted by atomic mass is 16.1. The van der Waals surface area contributed by atoms with Gasteiger partial charge in [0.15, 0.2) is 5.82 Å². The first kappa shape index (κ1) is 15.9. The van der Waals surface area contributed by atoms with Crippen LogP contribution in [-0.2, 0) is 17.9 Å². The average molecular weight is 302 g/mol. The molecule has 0 atom stereocenters. The summed E-state index contributed by atoms with van der Waals surface area (Å²) in [5.74, 6) is 0.721. The molecule has 1 aromatic carbocycles. The van der Waals surface area contributed by atoms with Crippen LogP contribution in [0.5, 0.6) is 0 Å². The summed E-state index contributed by atoms with van der Waals surface area (Å²) in [5, 5.41) is 17.9. The van der Waals surface area contributed by atoms with E-state index in [0.29, 0.717) is 6.54 Å². The van der Waals surface area contributed by atoms with Crippen molar-refractivity contribution in [3.8, 4) is 0 Å². The van der Waals surface area contributed by atoms with Gasteiger partial charge in [-0.05, 0) is 47.9 Å². The number of carbonyl (C=O) groups is 1. The molecule has 2 N–H and O–H groups in total. The Kier molecular flexibility index (Phi) is 5.08. The molecule has 1 aromatic heterocycles. The first-order valence-electron chi connectivity index (χ1n) is 7.39. The number of rotatable bonds is 6. The molecule has 22 heavy (non-hydrogen) atoms. The summed E-state index contributed by atoms with van der Waals surface area (Å²) < 4.78 is 1.80. The third-order valence-electron chi connectivity index (χ3n) is 3.45. The molecule has 1 heterocycles. The summed E-state index contributed by atoms with van der Waals surface area (Å²) in [6, 6.07) is 3.99. The van der Waals surface area contributed by atoms with Gasteiger partial charge in [0.2, 0.25) is 5.91 Å². The summed E-state index contributed by atoms with van der Waals surface area (Å²) in [6.45, 7) is 8.89. The number of aromatic nitrogens is 4. The van der Waals surface area contributed by atoms with Crippen molar-refractivity contribution in [2.45, 2.75) is 47.2 Å². The Hall–Kier alpha value is -2.44. The molecule has 7 heteroatoms. The van der Waals surface area contributed by atoms with Gasteiger partial charge in [-0.15, -0.1) is 5.10 Å². The van der Waals surface area contributed by atoms with Gasteiger partial charge in [-0.25, -0.2) is 4.68 Å². The molecule has 0 aliphatic carbocycles. The number of nitrogens with one attached hydrogen (secondary N) is 2. The summed E-state index contributed by atoms with van der Waals surface area (Å²) in [5.41, 5.74) is 3.85. The van der Waals surface area contributed by atoms with Crippen molar-refractivity contribution in [3.05, 3.63) is 29.1 Å². The highest BCUT2D eigenvalue weighted by Gasteiger charge is 2.10. The fourth-order valence-corrected chi connectivity index (χ4v) is 2.32. The van der Waals surface area contributed by atoms with E-state index in [-0.39, 0.29) is 5.91 Å². The Morgan fingerprint density at radius 1 is 1.32 bits per heavy atom. The second-order valence-electron chi connectivity index (χ2n) is 5.28. The van der Waals surface area contributed by atoms with Crippen molar-refractivity contribution in [3.63, 3.8) is 0 Å². The van der Waals surface area contributed by atoms with Gasteiger partial charge >= 0.3 is 0 Å². The Morgan fingerprint density at radius 2 is 2.09 bits per heavy atom. The third kappa shape index (κ3) is 3.60. The van der Waals surface area contributed by atoms with Crippen molar-refractivity contribution in [2.75, 3.05) is 10.6 Å². The van der Waals surface area contributed by atoms with Crippen molar-refractivity contribution < 1.29 is 4.79 Å². The first-order valence-corrected chi connectivity index (χ1v) is 7.39. The van der Waals surface area contributed by atoms with E-state index in [1.54, 1.807) is 4.68 Å².